The molecule has 0 saturated carbocycles. The van der Waals surface area contributed by atoms with Crippen molar-refractivity contribution in [2.75, 3.05) is 6.54 Å². The van der Waals surface area contributed by atoms with E-state index in [4.69, 9.17) is 5.11 Å². The van der Waals surface area contributed by atoms with Gasteiger partial charge in [0, 0.05) is 18.5 Å². The van der Waals surface area contributed by atoms with E-state index in [2.05, 4.69) is 4.98 Å². The summed E-state index contributed by atoms with van der Waals surface area (Å²) in [6, 6.07) is 5.15. The maximum Gasteiger partial charge on any atom is 0.335 e. The minimum Gasteiger partial charge on any atom is -0.478 e. The fraction of sp³-hybridized carbons (Fsp3) is 0.389. The summed E-state index contributed by atoms with van der Waals surface area (Å²) in [6.07, 6.45) is 0.741. The highest BCUT2D eigenvalue weighted by Gasteiger charge is 2.29. The average Bonchev–Trinajstić information content (AvgIpc) is 3.03. The molecule has 2 heterocycles. The number of carbonyl (C=O) groups is 2. The first-order valence-electron chi connectivity index (χ1n) is 7.85. The van der Waals surface area contributed by atoms with Crippen molar-refractivity contribution in [1.29, 1.82) is 0 Å². The number of nitrogens with zero attached hydrogens (tertiary/aromatic N) is 2. The molecule has 1 aromatic heterocycles. The summed E-state index contributed by atoms with van der Waals surface area (Å²) in [5.41, 5.74) is 4.64. The zero-order valence-corrected chi connectivity index (χ0v) is 14.8. The van der Waals surface area contributed by atoms with Crippen molar-refractivity contribution < 1.29 is 14.7 Å². The van der Waals surface area contributed by atoms with Crippen LogP contribution in [0.1, 0.15) is 57.6 Å². The Morgan fingerprint density at radius 3 is 2.67 bits per heavy atom. The number of benzene rings is 1. The smallest absolute Gasteiger partial charge is 0.335 e. The first-order chi connectivity index (χ1) is 11.3. The van der Waals surface area contributed by atoms with Crippen LogP contribution in [0.4, 0.5) is 0 Å². The monoisotopic (exact) mass is 344 g/mol. The molecule has 1 amide bonds. The number of hydrogen-bond donors (Lipinski definition) is 1. The zero-order chi connectivity index (χ0) is 17.5. The number of aromatic nitrogens is 1. The molecule has 1 aromatic carbocycles. The van der Waals surface area contributed by atoms with Gasteiger partial charge < -0.3 is 10.0 Å². The molecule has 0 spiro atoms. The van der Waals surface area contributed by atoms with E-state index in [1.54, 1.807) is 22.5 Å². The van der Waals surface area contributed by atoms with Gasteiger partial charge in [-0.15, -0.1) is 11.3 Å². The molecule has 3 rings (SSSR count). The van der Waals surface area contributed by atoms with Crippen molar-refractivity contribution in [1.82, 2.24) is 9.88 Å². The third-order valence-electron chi connectivity index (χ3n) is 4.22. The second-order valence-electron chi connectivity index (χ2n) is 7.05. The Bertz CT molecular complexity index is 805. The Morgan fingerprint density at radius 2 is 2.00 bits per heavy atom. The third-order valence-corrected chi connectivity index (χ3v) is 5.04. The minimum absolute atomic E-state index is 0.0196. The van der Waals surface area contributed by atoms with Crippen LogP contribution in [-0.2, 0) is 18.4 Å². The van der Waals surface area contributed by atoms with Crippen LogP contribution in [0.5, 0.6) is 0 Å². The van der Waals surface area contributed by atoms with E-state index in [-0.39, 0.29) is 16.9 Å². The first kappa shape index (κ1) is 16.6. The number of fused-ring (bicyclic) bond motifs is 1. The first-order valence-corrected chi connectivity index (χ1v) is 8.73. The minimum atomic E-state index is -0.946. The molecule has 6 heteroatoms. The largest absolute Gasteiger partial charge is 0.478 e. The standard InChI is InChI=1S/C18H20N2O3S/c1-18(2,3)15-14(24-10-19-15)16(21)20-7-6-11-4-5-12(17(22)23)8-13(11)9-20/h4-5,8,10H,6-7,9H2,1-3H3,(H,22,23). The molecular weight excluding hydrogens is 324 g/mol. The average molecular weight is 344 g/mol. The van der Waals surface area contributed by atoms with Crippen molar-refractivity contribution >= 4 is 23.2 Å². The summed E-state index contributed by atoms with van der Waals surface area (Å²) >= 11 is 1.37. The van der Waals surface area contributed by atoms with Crippen LogP contribution in [0.3, 0.4) is 0 Å². The van der Waals surface area contributed by atoms with Gasteiger partial charge in [-0.2, -0.15) is 0 Å². The van der Waals surface area contributed by atoms with Crippen LogP contribution in [0.15, 0.2) is 23.7 Å². The van der Waals surface area contributed by atoms with Crippen molar-refractivity contribution in [3.8, 4) is 0 Å². The van der Waals surface area contributed by atoms with E-state index < -0.39 is 5.97 Å². The van der Waals surface area contributed by atoms with Crippen LogP contribution in [0.25, 0.3) is 0 Å². The highest BCUT2D eigenvalue weighted by atomic mass is 32.1. The predicted molar refractivity (Wildman–Crippen MR) is 92.7 cm³/mol. The van der Waals surface area contributed by atoms with E-state index in [1.165, 1.54) is 11.3 Å². The van der Waals surface area contributed by atoms with Gasteiger partial charge in [-0.05, 0) is 29.7 Å². The summed E-state index contributed by atoms with van der Waals surface area (Å²) < 4.78 is 0. The summed E-state index contributed by atoms with van der Waals surface area (Å²) in [5.74, 6) is -0.965. The summed E-state index contributed by atoms with van der Waals surface area (Å²) in [5, 5.41) is 9.15. The second kappa shape index (κ2) is 6.02. The van der Waals surface area contributed by atoms with Crippen molar-refractivity contribution in [2.24, 2.45) is 0 Å². The van der Waals surface area contributed by atoms with Crippen LogP contribution in [0.2, 0.25) is 0 Å². The van der Waals surface area contributed by atoms with Crippen LogP contribution >= 0.6 is 11.3 Å². The Kier molecular flexibility index (Phi) is 4.17. The van der Waals surface area contributed by atoms with E-state index in [0.29, 0.717) is 18.0 Å². The predicted octanol–water partition coefficient (Wildman–Crippen LogP) is 3.34. The SMILES string of the molecule is CC(C)(C)c1ncsc1C(=O)N1CCc2ccc(C(=O)O)cc2C1. The van der Waals surface area contributed by atoms with E-state index >= 15 is 0 Å². The lowest BCUT2D eigenvalue weighted by molar-refractivity contribution is 0.0696. The molecule has 1 N–H and O–H groups in total. The van der Waals surface area contributed by atoms with Crippen molar-refractivity contribution in [3.05, 3.63) is 51.0 Å². The molecule has 0 radical (unpaired) electrons. The Hall–Kier alpha value is -2.21. The molecule has 0 bridgehead atoms. The molecule has 0 atom stereocenters. The van der Waals surface area contributed by atoms with Gasteiger partial charge in [0.1, 0.15) is 4.88 Å². The van der Waals surface area contributed by atoms with Gasteiger partial charge in [0.25, 0.3) is 5.91 Å². The van der Waals surface area contributed by atoms with Gasteiger partial charge in [-0.1, -0.05) is 26.8 Å². The van der Waals surface area contributed by atoms with Crippen LogP contribution in [0, 0.1) is 0 Å². The van der Waals surface area contributed by atoms with Crippen molar-refractivity contribution in [3.63, 3.8) is 0 Å². The molecule has 126 valence electrons. The van der Waals surface area contributed by atoms with Gasteiger partial charge in [-0.3, -0.25) is 4.79 Å². The van der Waals surface area contributed by atoms with E-state index in [1.807, 2.05) is 26.8 Å². The molecule has 0 saturated heterocycles. The number of carbonyl (C=O) groups excluding carboxylic acids is 1. The molecule has 0 unspecified atom stereocenters. The number of carboxylic acid groups (broad SMARTS) is 1. The lowest BCUT2D eigenvalue weighted by Crippen LogP contribution is -2.36. The topological polar surface area (TPSA) is 70.5 Å². The number of amides is 1. The normalized spacial score (nSPS) is 14.4. The maximum atomic E-state index is 12.9. The highest BCUT2D eigenvalue weighted by molar-refractivity contribution is 7.11. The second-order valence-corrected chi connectivity index (χ2v) is 7.90. The molecular formula is C18H20N2O3S. The summed E-state index contributed by atoms with van der Waals surface area (Å²) in [6.45, 7) is 7.22. The summed E-state index contributed by atoms with van der Waals surface area (Å²) in [7, 11) is 0. The quantitative estimate of drug-likeness (QED) is 0.907. The summed E-state index contributed by atoms with van der Waals surface area (Å²) in [4.78, 5) is 30.9. The van der Waals surface area contributed by atoms with Crippen LogP contribution in [-0.4, -0.2) is 33.4 Å². The lowest BCUT2D eigenvalue weighted by Gasteiger charge is -2.29. The fourth-order valence-corrected chi connectivity index (χ4v) is 3.90. The van der Waals surface area contributed by atoms with Crippen molar-refractivity contribution in [2.45, 2.75) is 39.2 Å². The van der Waals surface area contributed by atoms with Gasteiger partial charge >= 0.3 is 5.97 Å². The maximum absolute atomic E-state index is 12.9. The van der Waals surface area contributed by atoms with Gasteiger partial charge in [0.15, 0.2) is 0 Å². The Labute approximate surface area is 145 Å². The fourth-order valence-electron chi connectivity index (χ4n) is 2.94. The zero-order valence-electron chi connectivity index (χ0n) is 14.0. The molecule has 1 aliphatic rings. The van der Waals surface area contributed by atoms with E-state index in [9.17, 15) is 9.59 Å². The molecule has 0 fully saturated rings. The number of rotatable bonds is 2. The van der Waals surface area contributed by atoms with E-state index in [0.717, 1.165) is 23.2 Å². The number of thiazole rings is 1. The van der Waals surface area contributed by atoms with Gasteiger partial charge in [-0.25, -0.2) is 9.78 Å². The third kappa shape index (κ3) is 3.06. The Morgan fingerprint density at radius 1 is 1.25 bits per heavy atom. The molecule has 24 heavy (non-hydrogen) atoms. The molecule has 2 aromatic rings. The molecule has 1 aliphatic heterocycles. The van der Waals surface area contributed by atoms with Gasteiger partial charge in [0.2, 0.25) is 0 Å². The highest BCUT2D eigenvalue weighted by Crippen LogP contribution is 2.30. The lowest BCUT2D eigenvalue weighted by atomic mass is 9.91. The Balaban J connectivity index is 1.88. The molecule has 5 nitrogen and oxygen atoms in total. The number of hydrogen-bond acceptors (Lipinski definition) is 4. The number of carboxylic acids is 1. The number of aromatic carboxylic acids is 1. The molecule has 0 aliphatic carbocycles. The van der Waals surface area contributed by atoms with Crippen LogP contribution < -0.4 is 0 Å². The van der Waals surface area contributed by atoms with Gasteiger partial charge in [0.05, 0.1) is 16.8 Å².